The van der Waals surface area contributed by atoms with Crippen LogP contribution in [-0.4, -0.2) is 30.2 Å². The number of nitrogens with zero attached hydrogens (tertiary/aromatic N) is 1. The molecular formula is C20H17ClN2O5. The highest BCUT2D eigenvalue weighted by atomic mass is 35.5. The van der Waals surface area contributed by atoms with E-state index < -0.39 is 18.0 Å². The van der Waals surface area contributed by atoms with Gasteiger partial charge in [0.15, 0.2) is 17.6 Å². The molecule has 7 nitrogen and oxygen atoms in total. The fourth-order valence-corrected chi connectivity index (χ4v) is 2.32. The number of halogens is 1. The molecule has 0 aliphatic heterocycles. The fraction of sp³-hybridized carbons (Fsp3) is 0.150. The first-order valence-corrected chi connectivity index (χ1v) is 8.48. The number of carbonyl (C=O) groups excluding carboxylic acids is 1. The van der Waals surface area contributed by atoms with Crippen molar-refractivity contribution in [3.05, 3.63) is 58.6 Å². The number of nitriles is 1. The Labute approximate surface area is 166 Å². The van der Waals surface area contributed by atoms with Crippen molar-refractivity contribution in [2.75, 3.05) is 12.4 Å². The summed E-state index contributed by atoms with van der Waals surface area (Å²) in [6.07, 6.45) is 0.148. The van der Waals surface area contributed by atoms with Gasteiger partial charge in [-0.2, -0.15) is 5.26 Å². The van der Waals surface area contributed by atoms with Crippen LogP contribution in [0, 0.1) is 11.3 Å². The Morgan fingerprint density at radius 1 is 1.25 bits per heavy atom. The number of hydrogen-bond donors (Lipinski definition) is 2. The predicted octanol–water partition coefficient (Wildman–Crippen LogP) is 3.75. The molecule has 0 aliphatic carbocycles. The number of para-hydroxylation sites is 1. The SMILES string of the molecule is COc1cccc(/C=C(/C#N)C(=O)Nc2ccc(Cl)cc2)c1O[C@H](C)C(=O)O. The summed E-state index contributed by atoms with van der Waals surface area (Å²) >= 11 is 5.81. The number of rotatable bonds is 7. The Bertz CT molecular complexity index is 948. The molecule has 2 N–H and O–H groups in total. The van der Waals surface area contributed by atoms with Gasteiger partial charge in [0, 0.05) is 16.3 Å². The molecular weight excluding hydrogens is 384 g/mol. The van der Waals surface area contributed by atoms with E-state index >= 15 is 0 Å². The van der Waals surface area contributed by atoms with Crippen molar-refractivity contribution in [3.63, 3.8) is 0 Å². The zero-order valence-corrected chi connectivity index (χ0v) is 15.9. The molecule has 0 radical (unpaired) electrons. The van der Waals surface area contributed by atoms with Crippen LogP contribution < -0.4 is 14.8 Å². The Hall–Kier alpha value is -3.50. The summed E-state index contributed by atoms with van der Waals surface area (Å²) in [4.78, 5) is 23.5. The van der Waals surface area contributed by atoms with E-state index in [1.807, 2.05) is 6.07 Å². The highest BCUT2D eigenvalue weighted by molar-refractivity contribution is 6.30. The van der Waals surface area contributed by atoms with E-state index in [2.05, 4.69) is 5.32 Å². The molecule has 28 heavy (non-hydrogen) atoms. The molecule has 0 heterocycles. The van der Waals surface area contributed by atoms with E-state index in [4.69, 9.17) is 26.2 Å². The maximum Gasteiger partial charge on any atom is 0.344 e. The van der Waals surface area contributed by atoms with Crippen LogP contribution in [0.25, 0.3) is 6.08 Å². The largest absolute Gasteiger partial charge is 0.493 e. The minimum Gasteiger partial charge on any atom is -0.493 e. The van der Waals surface area contributed by atoms with Crippen molar-refractivity contribution in [2.24, 2.45) is 0 Å². The van der Waals surface area contributed by atoms with Crippen molar-refractivity contribution < 1.29 is 24.2 Å². The number of nitrogens with one attached hydrogen (secondary N) is 1. The highest BCUT2D eigenvalue weighted by Gasteiger charge is 2.19. The van der Waals surface area contributed by atoms with Gasteiger partial charge in [-0.3, -0.25) is 4.79 Å². The second kappa shape index (κ2) is 9.44. The first-order valence-electron chi connectivity index (χ1n) is 8.11. The Morgan fingerprint density at radius 3 is 2.50 bits per heavy atom. The normalized spacial score (nSPS) is 11.9. The van der Waals surface area contributed by atoms with Crippen LogP contribution in [0.4, 0.5) is 5.69 Å². The number of carbonyl (C=O) groups is 2. The summed E-state index contributed by atoms with van der Waals surface area (Å²) in [6.45, 7) is 1.36. The summed E-state index contributed by atoms with van der Waals surface area (Å²) in [7, 11) is 1.40. The van der Waals surface area contributed by atoms with Crippen LogP contribution in [0.3, 0.4) is 0 Å². The number of benzene rings is 2. The molecule has 0 saturated heterocycles. The van der Waals surface area contributed by atoms with Crippen molar-refractivity contribution >= 4 is 35.2 Å². The van der Waals surface area contributed by atoms with E-state index in [-0.39, 0.29) is 17.1 Å². The zero-order chi connectivity index (χ0) is 20.7. The van der Waals surface area contributed by atoms with E-state index in [1.54, 1.807) is 42.5 Å². The Morgan fingerprint density at radius 2 is 1.93 bits per heavy atom. The van der Waals surface area contributed by atoms with Gasteiger partial charge in [-0.15, -0.1) is 0 Å². The first kappa shape index (κ1) is 20.8. The second-order valence-electron chi connectivity index (χ2n) is 5.61. The average molecular weight is 401 g/mol. The van der Waals surface area contributed by atoms with Crippen LogP contribution in [-0.2, 0) is 9.59 Å². The number of amides is 1. The number of carboxylic acid groups (broad SMARTS) is 1. The summed E-state index contributed by atoms with van der Waals surface area (Å²) in [5.74, 6) is -1.41. The maximum absolute atomic E-state index is 12.4. The third kappa shape index (κ3) is 5.25. The zero-order valence-electron chi connectivity index (χ0n) is 15.1. The lowest BCUT2D eigenvalue weighted by molar-refractivity contribution is -0.144. The molecule has 8 heteroatoms. The number of ether oxygens (including phenoxy) is 2. The standard InChI is InChI=1S/C20H17ClN2O5/c1-12(20(25)26)28-18-13(4-3-5-17(18)27-2)10-14(11-22)19(24)23-16-8-6-15(21)7-9-16/h3-10,12H,1-2H3,(H,23,24)(H,25,26)/b14-10-/t12-/m1/s1. The molecule has 0 bridgehead atoms. The fourth-order valence-electron chi connectivity index (χ4n) is 2.20. The number of hydrogen-bond acceptors (Lipinski definition) is 5. The van der Waals surface area contributed by atoms with Crippen LogP contribution in [0.15, 0.2) is 48.0 Å². The van der Waals surface area contributed by atoms with Gasteiger partial charge in [-0.1, -0.05) is 23.7 Å². The van der Waals surface area contributed by atoms with Crippen LogP contribution >= 0.6 is 11.6 Å². The van der Waals surface area contributed by atoms with Crippen LogP contribution in [0.1, 0.15) is 12.5 Å². The summed E-state index contributed by atoms with van der Waals surface area (Å²) in [5.41, 5.74) is 0.600. The van der Waals surface area contributed by atoms with Crippen molar-refractivity contribution in [3.8, 4) is 17.6 Å². The van der Waals surface area contributed by atoms with Crippen LogP contribution in [0.5, 0.6) is 11.5 Å². The average Bonchev–Trinajstić information content (AvgIpc) is 2.68. The molecule has 2 aromatic carbocycles. The molecule has 2 aromatic rings. The minimum atomic E-state index is -1.16. The maximum atomic E-state index is 12.4. The second-order valence-corrected chi connectivity index (χ2v) is 6.04. The van der Waals surface area contributed by atoms with Gasteiger partial charge in [-0.05, 0) is 43.3 Å². The Balaban J connectivity index is 2.37. The number of aliphatic carboxylic acids is 1. The quantitative estimate of drug-likeness (QED) is 0.541. The summed E-state index contributed by atoms with van der Waals surface area (Å²) in [5, 5.41) is 21.6. The van der Waals surface area contributed by atoms with Gasteiger partial charge >= 0.3 is 5.97 Å². The van der Waals surface area contributed by atoms with Crippen molar-refractivity contribution in [2.45, 2.75) is 13.0 Å². The lowest BCUT2D eigenvalue weighted by Gasteiger charge is -2.16. The smallest absolute Gasteiger partial charge is 0.344 e. The highest BCUT2D eigenvalue weighted by Crippen LogP contribution is 2.33. The first-order chi connectivity index (χ1) is 13.3. The number of methoxy groups -OCH3 is 1. The van der Waals surface area contributed by atoms with Gasteiger partial charge in [0.25, 0.3) is 5.91 Å². The molecule has 0 aromatic heterocycles. The molecule has 1 atom stereocenters. The van der Waals surface area contributed by atoms with Crippen molar-refractivity contribution in [1.29, 1.82) is 5.26 Å². The molecule has 1 amide bonds. The predicted molar refractivity (Wildman–Crippen MR) is 104 cm³/mol. The van der Waals surface area contributed by atoms with E-state index in [0.717, 1.165) is 0 Å². The Kier molecular flexibility index (Phi) is 7.02. The third-order valence-corrected chi connectivity index (χ3v) is 3.89. The summed E-state index contributed by atoms with van der Waals surface area (Å²) in [6, 6.07) is 13.0. The number of carboxylic acids is 1. The topological polar surface area (TPSA) is 109 Å². The molecule has 0 spiro atoms. The third-order valence-electron chi connectivity index (χ3n) is 3.64. The van der Waals surface area contributed by atoms with E-state index in [1.165, 1.54) is 20.1 Å². The lowest BCUT2D eigenvalue weighted by Crippen LogP contribution is -2.23. The lowest BCUT2D eigenvalue weighted by atomic mass is 10.1. The molecule has 2 rings (SSSR count). The number of anilines is 1. The molecule has 0 aliphatic rings. The van der Waals surface area contributed by atoms with E-state index in [9.17, 15) is 14.9 Å². The minimum absolute atomic E-state index is 0.118. The molecule has 144 valence electrons. The van der Waals surface area contributed by atoms with Gasteiger partial charge in [0.05, 0.1) is 7.11 Å². The van der Waals surface area contributed by atoms with Gasteiger partial charge in [0.2, 0.25) is 0 Å². The van der Waals surface area contributed by atoms with E-state index in [0.29, 0.717) is 16.3 Å². The summed E-state index contributed by atoms with van der Waals surface area (Å²) < 4.78 is 10.7. The molecule has 0 fully saturated rings. The molecule has 0 unspecified atom stereocenters. The van der Waals surface area contributed by atoms with Gasteiger partial charge in [-0.25, -0.2) is 4.79 Å². The monoisotopic (exact) mass is 400 g/mol. The van der Waals surface area contributed by atoms with Crippen molar-refractivity contribution in [1.82, 2.24) is 0 Å². The molecule has 0 saturated carbocycles. The van der Waals surface area contributed by atoms with Gasteiger partial charge in [0.1, 0.15) is 11.6 Å². The van der Waals surface area contributed by atoms with Crippen LogP contribution in [0.2, 0.25) is 5.02 Å². The van der Waals surface area contributed by atoms with Gasteiger partial charge < -0.3 is 19.9 Å².